The van der Waals surface area contributed by atoms with Gasteiger partial charge >= 0.3 is 0 Å². The van der Waals surface area contributed by atoms with Gasteiger partial charge in [0.25, 0.3) is 5.91 Å². The predicted molar refractivity (Wildman–Crippen MR) is 81.4 cm³/mol. The van der Waals surface area contributed by atoms with Gasteiger partial charge in [-0.25, -0.2) is 4.98 Å². The first-order valence-corrected chi connectivity index (χ1v) is 7.13. The van der Waals surface area contributed by atoms with Crippen molar-refractivity contribution in [2.24, 2.45) is 0 Å². The molecule has 4 rings (SSSR count). The van der Waals surface area contributed by atoms with Crippen LogP contribution < -0.4 is 0 Å². The number of pyridine rings is 1. The summed E-state index contributed by atoms with van der Waals surface area (Å²) in [6.45, 7) is 0.761. The molecule has 0 unspecified atom stereocenters. The highest BCUT2D eigenvalue weighted by Gasteiger charge is 2.30. The van der Waals surface area contributed by atoms with E-state index in [2.05, 4.69) is 4.98 Å². The van der Waals surface area contributed by atoms with Crippen molar-refractivity contribution < 1.29 is 14.3 Å². The third-order valence-electron chi connectivity index (χ3n) is 3.87. The molecule has 3 heterocycles. The molecule has 5 nitrogen and oxygen atoms in total. The van der Waals surface area contributed by atoms with E-state index in [4.69, 9.17) is 4.42 Å². The van der Waals surface area contributed by atoms with Gasteiger partial charge < -0.3 is 14.4 Å². The number of aliphatic hydroxyl groups excluding tert-OH is 1. The molecule has 1 aliphatic rings. The number of rotatable bonds is 2. The number of fused-ring (bicyclic) bond motifs is 1. The van der Waals surface area contributed by atoms with Crippen LogP contribution in [0.5, 0.6) is 0 Å². The average molecular weight is 294 g/mol. The van der Waals surface area contributed by atoms with E-state index in [9.17, 15) is 9.90 Å². The van der Waals surface area contributed by atoms with E-state index in [0.29, 0.717) is 30.1 Å². The molecule has 0 radical (unpaired) electrons. The van der Waals surface area contributed by atoms with Crippen molar-refractivity contribution in [1.82, 2.24) is 9.88 Å². The van der Waals surface area contributed by atoms with Crippen LogP contribution in [0.1, 0.15) is 10.4 Å². The molecular weight excluding hydrogens is 280 g/mol. The summed E-state index contributed by atoms with van der Waals surface area (Å²) in [5.41, 5.74) is 1.97. The predicted octanol–water partition coefficient (Wildman–Crippen LogP) is 2.31. The summed E-state index contributed by atoms with van der Waals surface area (Å²) in [6.07, 6.45) is 1.17. The van der Waals surface area contributed by atoms with Crippen molar-refractivity contribution >= 4 is 16.8 Å². The summed E-state index contributed by atoms with van der Waals surface area (Å²) in [4.78, 5) is 18.9. The van der Waals surface area contributed by atoms with Crippen LogP contribution in [-0.4, -0.2) is 40.1 Å². The Balaban J connectivity index is 1.86. The van der Waals surface area contributed by atoms with E-state index in [-0.39, 0.29) is 5.91 Å². The van der Waals surface area contributed by atoms with Gasteiger partial charge in [-0.15, -0.1) is 0 Å². The summed E-state index contributed by atoms with van der Waals surface area (Å²) >= 11 is 0. The second-order valence-electron chi connectivity index (χ2n) is 5.41. The molecule has 1 N–H and O–H groups in total. The summed E-state index contributed by atoms with van der Waals surface area (Å²) in [6, 6.07) is 12.9. The van der Waals surface area contributed by atoms with Gasteiger partial charge in [0.1, 0.15) is 5.69 Å². The Kier molecular flexibility index (Phi) is 2.94. The van der Waals surface area contributed by atoms with E-state index in [1.165, 1.54) is 0 Å². The van der Waals surface area contributed by atoms with Gasteiger partial charge in [0, 0.05) is 18.5 Å². The highest BCUT2D eigenvalue weighted by Crippen LogP contribution is 2.27. The van der Waals surface area contributed by atoms with E-state index in [0.717, 1.165) is 10.9 Å². The number of carbonyl (C=O) groups is 1. The third kappa shape index (κ3) is 2.07. The maximum Gasteiger partial charge on any atom is 0.254 e. The molecule has 1 fully saturated rings. The number of aliphatic hydroxyl groups is 1. The topological polar surface area (TPSA) is 66.6 Å². The zero-order valence-corrected chi connectivity index (χ0v) is 11.8. The van der Waals surface area contributed by atoms with Crippen molar-refractivity contribution in [3.63, 3.8) is 0 Å². The van der Waals surface area contributed by atoms with Crippen LogP contribution in [0.4, 0.5) is 0 Å². The van der Waals surface area contributed by atoms with E-state index < -0.39 is 6.10 Å². The number of amides is 1. The lowest BCUT2D eigenvalue weighted by Crippen LogP contribution is -2.53. The smallest absolute Gasteiger partial charge is 0.254 e. The molecule has 0 saturated carbocycles. The van der Waals surface area contributed by atoms with Crippen LogP contribution in [0, 0.1) is 0 Å². The minimum Gasteiger partial charge on any atom is -0.463 e. The number of β-amino-alcohol motifs (C(OH)–C–C–N with tert-alkyl or cyclic N) is 1. The number of likely N-dealkylation sites (tertiary alicyclic amines) is 1. The molecule has 1 aromatic carbocycles. The lowest BCUT2D eigenvalue weighted by atomic mass is 10.0. The number of aromatic nitrogens is 1. The number of furan rings is 1. The third-order valence-corrected chi connectivity index (χ3v) is 3.87. The molecule has 5 heteroatoms. The molecule has 22 heavy (non-hydrogen) atoms. The molecule has 0 aliphatic carbocycles. The van der Waals surface area contributed by atoms with Crippen molar-refractivity contribution in [3.8, 4) is 11.5 Å². The Labute approximate surface area is 126 Å². The number of hydrogen-bond donors (Lipinski definition) is 1. The zero-order valence-electron chi connectivity index (χ0n) is 11.8. The van der Waals surface area contributed by atoms with Crippen LogP contribution in [0.25, 0.3) is 22.4 Å². The van der Waals surface area contributed by atoms with E-state index in [1.54, 1.807) is 23.3 Å². The number of nitrogens with zero attached hydrogens (tertiary/aromatic N) is 2. The Morgan fingerprint density at radius 3 is 2.77 bits per heavy atom. The summed E-state index contributed by atoms with van der Waals surface area (Å²) in [7, 11) is 0. The Hall–Kier alpha value is -2.66. The van der Waals surface area contributed by atoms with Gasteiger partial charge in [-0.1, -0.05) is 18.2 Å². The molecule has 3 aromatic rings. The van der Waals surface area contributed by atoms with Crippen LogP contribution in [-0.2, 0) is 0 Å². The molecule has 0 atom stereocenters. The summed E-state index contributed by atoms with van der Waals surface area (Å²) < 4.78 is 5.39. The van der Waals surface area contributed by atoms with Gasteiger partial charge in [-0.3, -0.25) is 4.79 Å². The fourth-order valence-electron chi connectivity index (χ4n) is 2.69. The van der Waals surface area contributed by atoms with Crippen LogP contribution in [0.15, 0.2) is 53.1 Å². The standard InChI is InChI=1S/C17H14N2O3/c20-11-9-19(10-11)17(21)13-8-15(16-6-3-7-22-16)18-14-5-2-1-4-12(13)14/h1-8,11,20H,9-10H2. The Bertz CT molecular complexity index is 836. The van der Waals surface area contributed by atoms with Gasteiger partial charge in [-0.2, -0.15) is 0 Å². The molecule has 1 amide bonds. The van der Waals surface area contributed by atoms with Gasteiger partial charge in [0.05, 0.1) is 23.4 Å². The van der Waals surface area contributed by atoms with Crippen molar-refractivity contribution in [1.29, 1.82) is 0 Å². The molecule has 0 bridgehead atoms. The van der Waals surface area contributed by atoms with Crippen LogP contribution in [0.3, 0.4) is 0 Å². The molecule has 2 aromatic heterocycles. The lowest BCUT2D eigenvalue weighted by Gasteiger charge is -2.36. The minimum atomic E-state index is -0.415. The number of para-hydroxylation sites is 1. The first-order chi connectivity index (χ1) is 10.7. The average Bonchev–Trinajstić information content (AvgIpc) is 3.04. The molecule has 1 aliphatic heterocycles. The second-order valence-corrected chi connectivity index (χ2v) is 5.41. The quantitative estimate of drug-likeness (QED) is 0.787. The Morgan fingerprint density at radius 2 is 2.05 bits per heavy atom. The van der Waals surface area contributed by atoms with Gasteiger partial charge in [-0.05, 0) is 24.3 Å². The van der Waals surface area contributed by atoms with Crippen molar-refractivity contribution in [3.05, 3.63) is 54.3 Å². The zero-order chi connectivity index (χ0) is 15.1. The van der Waals surface area contributed by atoms with E-state index >= 15 is 0 Å². The van der Waals surface area contributed by atoms with E-state index in [1.807, 2.05) is 30.3 Å². The summed E-state index contributed by atoms with van der Waals surface area (Å²) in [5, 5.41) is 10.2. The fraction of sp³-hybridized carbons (Fsp3) is 0.176. The monoisotopic (exact) mass is 294 g/mol. The number of carbonyl (C=O) groups excluding carboxylic acids is 1. The van der Waals surface area contributed by atoms with Crippen LogP contribution in [0.2, 0.25) is 0 Å². The maximum absolute atomic E-state index is 12.7. The second kappa shape index (κ2) is 4.96. The SMILES string of the molecule is O=C(c1cc(-c2ccco2)nc2ccccc12)N1CC(O)C1. The minimum absolute atomic E-state index is 0.0864. The van der Waals surface area contributed by atoms with Gasteiger partial charge in [0.2, 0.25) is 0 Å². The van der Waals surface area contributed by atoms with Gasteiger partial charge in [0.15, 0.2) is 5.76 Å². The number of benzene rings is 1. The first kappa shape index (κ1) is 13.0. The number of hydrogen-bond acceptors (Lipinski definition) is 4. The van der Waals surface area contributed by atoms with Crippen LogP contribution >= 0.6 is 0 Å². The largest absolute Gasteiger partial charge is 0.463 e. The molecule has 1 saturated heterocycles. The fourth-order valence-corrected chi connectivity index (χ4v) is 2.69. The molecule has 110 valence electrons. The Morgan fingerprint density at radius 1 is 1.23 bits per heavy atom. The van der Waals surface area contributed by atoms with Crippen molar-refractivity contribution in [2.45, 2.75) is 6.10 Å². The summed E-state index contributed by atoms with van der Waals surface area (Å²) in [5.74, 6) is 0.542. The lowest BCUT2D eigenvalue weighted by molar-refractivity contribution is 0.00603. The molecular formula is C17H14N2O3. The highest BCUT2D eigenvalue weighted by atomic mass is 16.3. The highest BCUT2D eigenvalue weighted by molar-refractivity contribution is 6.07. The molecule has 0 spiro atoms. The normalized spacial score (nSPS) is 15.0. The first-order valence-electron chi connectivity index (χ1n) is 7.13. The van der Waals surface area contributed by atoms with Crippen molar-refractivity contribution in [2.75, 3.05) is 13.1 Å². The maximum atomic E-state index is 12.7.